The third kappa shape index (κ3) is 5.09. The van der Waals surface area contributed by atoms with E-state index >= 15 is 4.39 Å². The number of carbonyl (C=O) groups is 1. The molecule has 0 spiro atoms. The number of ether oxygens (including phenoxy) is 1. The molecule has 0 radical (unpaired) electrons. The molecule has 1 aromatic heterocycles. The van der Waals surface area contributed by atoms with Crippen molar-refractivity contribution in [1.29, 1.82) is 0 Å². The number of piperidine rings is 1. The van der Waals surface area contributed by atoms with E-state index in [1.54, 1.807) is 4.90 Å². The van der Waals surface area contributed by atoms with E-state index in [0.29, 0.717) is 11.3 Å². The highest BCUT2D eigenvalue weighted by atomic mass is 32.1. The average molecular weight is 584 g/mol. The number of aliphatic imine (C=N–C) groups is 1. The molecule has 1 fully saturated rings. The molecule has 2 aliphatic rings. The first-order chi connectivity index (χ1) is 18.9. The summed E-state index contributed by atoms with van der Waals surface area (Å²) in [5.41, 5.74) is -2.55. The number of guanidine groups is 1. The van der Waals surface area contributed by atoms with Crippen molar-refractivity contribution < 1.29 is 41.0 Å². The van der Waals surface area contributed by atoms with Crippen molar-refractivity contribution >= 4 is 34.6 Å². The molecule has 0 aliphatic carbocycles. The van der Waals surface area contributed by atoms with Crippen LogP contribution in [0.15, 0.2) is 52.8 Å². The Kier molecular flexibility index (Phi) is 7.19. The molecule has 13 heteroatoms. The number of benzene rings is 2. The van der Waals surface area contributed by atoms with Crippen LogP contribution in [-0.2, 0) is 16.6 Å². The van der Waals surface area contributed by atoms with E-state index in [2.05, 4.69) is 4.99 Å². The number of nitrogens with zero attached hydrogens (tertiary/aromatic N) is 3. The number of halogens is 6. The number of carboxylic acid groups (broad SMARTS) is 1. The fourth-order valence-corrected chi connectivity index (χ4v) is 5.91. The van der Waals surface area contributed by atoms with Crippen molar-refractivity contribution in [2.45, 2.75) is 37.1 Å². The summed E-state index contributed by atoms with van der Waals surface area (Å²) >= 11 is 0.699. The van der Waals surface area contributed by atoms with E-state index in [-0.39, 0.29) is 60.1 Å². The maximum atomic E-state index is 15.9. The normalized spacial score (nSPS) is 18.8. The van der Waals surface area contributed by atoms with Crippen LogP contribution in [0.4, 0.5) is 37.7 Å². The summed E-state index contributed by atoms with van der Waals surface area (Å²) in [6, 6.07) is 6.70. The van der Waals surface area contributed by atoms with Crippen molar-refractivity contribution in [2.75, 3.05) is 25.1 Å². The second-order valence-electron chi connectivity index (χ2n) is 9.55. The van der Waals surface area contributed by atoms with Crippen molar-refractivity contribution in [3.63, 3.8) is 0 Å². The number of likely N-dealkylation sites (tertiary alicyclic amines) is 1. The third-order valence-corrected chi connectivity index (χ3v) is 7.95. The second kappa shape index (κ2) is 10.3. The molecule has 0 saturated carbocycles. The Morgan fingerprint density at radius 1 is 1.15 bits per heavy atom. The molecule has 1 N–H and O–H groups in total. The molecule has 2 aliphatic heterocycles. The summed E-state index contributed by atoms with van der Waals surface area (Å²) in [7, 11) is 1.26. The van der Waals surface area contributed by atoms with Gasteiger partial charge in [0.2, 0.25) is 11.1 Å². The first-order valence-corrected chi connectivity index (χ1v) is 13.1. The summed E-state index contributed by atoms with van der Waals surface area (Å²) in [4.78, 5) is 19.3. The van der Waals surface area contributed by atoms with Gasteiger partial charge in [-0.1, -0.05) is 12.1 Å². The number of carboxylic acids is 1. The highest BCUT2D eigenvalue weighted by Crippen LogP contribution is 2.48. The minimum absolute atomic E-state index is 0.0124. The number of fused-ring (bicyclic) bond motifs is 1. The van der Waals surface area contributed by atoms with Crippen LogP contribution in [0.5, 0.6) is 5.75 Å². The van der Waals surface area contributed by atoms with Gasteiger partial charge in [-0.2, -0.15) is 17.6 Å². The van der Waals surface area contributed by atoms with Crippen LogP contribution in [0.1, 0.15) is 42.0 Å². The standard InChI is InChI=1S/C27H23F6N3O3S/c1-39-21-7-4-16(27(31,32)33)12-20(21)36-19(13-22(37)38)18-14-40-24(29)23(18)34-25(36)35-10-8-26(30,9-11-35)15-2-5-17(28)6-3-15/h2-7,12,14,19H,8-11,13H2,1H3,(H,37,38)/t19-/m1/s1. The van der Waals surface area contributed by atoms with E-state index in [4.69, 9.17) is 4.74 Å². The van der Waals surface area contributed by atoms with Gasteiger partial charge in [-0.25, -0.2) is 13.8 Å². The van der Waals surface area contributed by atoms with Crippen molar-refractivity contribution in [3.05, 3.63) is 75.5 Å². The highest BCUT2D eigenvalue weighted by Gasteiger charge is 2.43. The van der Waals surface area contributed by atoms with Crippen LogP contribution >= 0.6 is 11.3 Å². The Bertz CT molecular complexity index is 1450. The second-order valence-corrected chi connectivity index (χ2v) is 10.4. The average Bonchev–Trinajstić information content (AvgIpc) is 3.28. The van der Waals surface area contributed by atoms with E-state index < -0.39 is 46.8 Å². The Hall–Kier alpha value is -3.74. The zero-order valence-corrected chi connectivity index (χ0v) is 21.8. The molecule has 0 amide bonds. The van der Waals surface area contributed by atoms with Gasteiger partial charge >= 0.3 is 12.1 Å². The minimum atomic E-state index is -4.72. The van der Waals surface area contributed by atoms with Gasteiger partial charge in [0.05, 0.1) is 30.8 Å². The number of anilines is 1. The summed E-state index contributed by atoms with van der Waals surface area (Å²) in [5, 5.41) is 10.4. The lowest BCUT2D eigenvalue weighted by molar-refractivity contribution is -0.138. The molecular weight excluding hydrogens is 560 g/mol. The summed E-state index contributed by atoms with van der Waals surface area (Å²) < 4.78 is 90.7. The number of methoxy groups -OCH3 is 1. The summed E-state index contributed by atoms with van der Waals surface area (Å²) in [5.74, 6) is -1.78. The molecule has 0 unspecified atom stereocenters. The first-order valence-electron chi connectivity index (χ1n) is 12.2. The van der Waals surface area contributed by atoms with Crippen LogP contribution < -0.4 is 9.64 Å². The van der Waals surface area contributed by atoms with E-state index in [1.807, 2.05) is 0 Å². The monoisotopic (exact) mass is 583 g/mol. The van der Waals surface area contributed by atoms with Gasteiger partial charge in [0.15, 0.2) is 0 Å². The number of aliphatic carboxylic acids is 1. The molecule has 212 valence electrons. The lowest BCUT2D eigenvalue weighted by Crippen LogP contribution is -2.52. The fourth-order valence-electron chi connectivity index (χ4n) is 5.14. The van der Waals surface area contributed by atoms with Gasteiger partial charge in [-0.15, -0.1) is 11.3 Å². The smallest absolute Gasteiger partial charge is 0.416 e. The predicted molar refractivity (Wildman–Crippen MR) is 137 cm³/mol. The molecule has 5 rings (SSSR count). The quantitative estimate of drug-likeness (QED) is 0.327. The number of hydrogen-bond acceptors (Lipinski definition) is 6. The van der Waals surface area contributed by atoms with Crippen molar-refractivity contribution in [1.82, 2.24) is 4.90 Å². The Morgan fingerprint density at radius 3 is 2.42 bits per heavy atom. The van der Waals surface area contributed by atoms with Crippen LogP contribution in [0.25, 0.3) is 0 Å². The van der Waals surface area contributed by atoms with Crippen molar-refractivity contribution in [2.24, 2.45) is 4.99 Å². The Morgan fingerprint density at radius 2 is 1.82 bits per heavy atom. The number of rotatable bonds is 5. The van der Waals surface area contributed by atoms with Gasteiger partial charge in [-0.3, -0.25) is 4.79 Å². The van der Waals surface area contributed by atoms with Crippen LogP contribution in [-0.4, -0.2) is 42.1 Å². The molecular formula is C27H23F6N3O3S. The lowest BCUT2D eigenvalue weighted by atomic mass is 9.86. The third-order valence-electron chi connectivity index (χ3n) is 7.18. The zero-order valence-electron chi connectivity index (χ0n) is 21.0. The number of alkyl halides is 4. The van der Waals surface area contributed by atoms with Gasteiger partial charge in [0, 0.05) is 36.9 Å². The zero-order chi connectivity index (χ0) is 28.8. The molecule has 6 nitrogen and oxygen atoms in total. The van der Waals surface area contributed by atoms with Gasteiger partial charge in [0.25, 0.3) is 0 Å². The van der Waals surface area contributed by atoms with Gasteiger partial charge in [-0.05, 0) is 35.9 Å². The molecule has 3 heterocycles. The van der Waals surface area contributed by atoms with E-state index in [1.165, 1.54) is 29.5 Å². The maximum absolute atomic E-state index is 15.9. The molecule has 1 atom stereocenters. The van der Waals surface area contributed by atoms with E-state index in [0.717, 1.165) is 30.3 Å². The lowest BCUT2D eigenvalue weighted by Gasteiger charge is -2.45. The highest BCUT2D eigenvalue weighted by molar-refractivity contribution is 7.08. The van der Waals surface area contributed by atoms with Crippen LogP contribution in [0.3, 0.4) is 0 Å². The minimum Gasteiger partial charge on any atom is -0.495 e. The Balaban J connectivity index is 1.60. The Labute approximate surface area is 229 Å². The SMILES string of the molecule is COc1ccc(C(F)(F)F)cc1N1C(N2CCC(F)(c3ccc(F)cc3)CC2)=Nc2c(csc2F)[C@H]1CC(=O)O. The maximum Gasteiger partial charge on any atom is 0.416 e. The van der Waals surface area contributed by atoms with E-state index in [9.17, 15) is 31.9 Å². The molecule has 1 saturated heterocycles. The fraction of sp³-hybridized carbons (Fsp3) is 0.333. The summed E-state index contributed by atoms with van der Waals surface area (Å²) in [6.07, 6.45) is -5.45. The van der Waals surface area contributed by atoms with Gasteiger partial charge in [0.1, 0.15) is 22.9 Å². The predicted octanol–water partition coefficient (Wildman–Crippen LogP) is 7.04. The number of thiophene rings is 1. The van der Waals surface area contributed by atoms with Crippen molar-refractivity contribution in [3.8, 4) is 5.75 Å². The number of hydrogen-bond donors (Lipinski definition) is 1. The summed E-state index contributed by atoms with van der Waals surface area (Å²) in [6.45, 7) is 0.0384. The molecule has 3 aromatic rings. The largest absolute Gasteiger partial charge is 0.495 e. The molecule has 0 bridgehead atoms. The van der Waals surface area contributed by atoms with Crippen LogP contribution in [0.2, 0.25) is 0 Å². The van der Waals surface area contributed by atoms with Crippen LogP contribution in [0, 0.1) is 10.9 Å². The topological polar surface area (TPSA) is 65.4 Å². The van der Waals surface area contributed by atoms with Gasteiger partial charge < -0.3 is 19.6 Å². The molecule has 40 heavy (non-hydrogen) atoms. The first kappa shape index (κ1) is 27.8. The molecule has 2 aromatic carbocycles.